The van der Waals surface area contributed by atoms with E-state index < -0.39 is 0 Å². The number of para-hydroxylation sites is 1. The largest absolute Gasteiger partial charge is 0.456 e. The quantitative estimate of drug-likeness (QED) is 0.173. The summed E-state index contributed by atoms with van der Waals surface area (Å²) >= 11 is 1.86. The summed E-state index contributed by atoms with van der Waals surface area (Å²) in [7, 11) is 0. The molecular formula is C55H43NOS. The fourth-order valence-electron chi connectivity index (χ4n) is 9.40. The number of nitrogens with zero attached hydrogens (tertiary/aromatic N) is 1. The molecule has 0 N–H and O–H groups in total. The highest BCUT2D eigenvalue weighted by molar-refractivity contribution is 7.26. The molecular weight excluding hydrogens is 723 g/mol. The van der Waals surface area contributed by atoms with E-state index in [2.05, 4.69) is 209 Å². The molecule has 58 heavy (non-hydrogen) atoms. The van der Waals surface area contributed by atoms with Gasteiger partial charge in [-0.1, -0.05) is 138 Å². The normalized spacial score (nSPS) is 13.4. The van der Waals surface area contributed by atoms with Gasteiger partial charge >= 0.3 is 0 Å². The van der Waals surface area contributed by atoms with Gasteiger partial charge in [-0.05, 0) is 122 Å². The van der Waals surface area contributed by atoms with E-state index in [1.807, 2.05) is 11.3 Å². The Morgan fingerprint density at radius 1 is 0.466 bits per heavy atom. The molecule has 3 heteroatoms. The lowest BCUT2D eigenvalue weighted by atomic mass is 9.79. The maximum Gasteiger partial charge on any atom is 0.136 e. The maximum absolute atomic E-state index is 6.62. The lowest BCUT2D eigenvalue weighted by molar-refractivity contribution is 0.584. The highest BCUT2D eigenvalue weighted by atomic mass is 32.1. The van der Waals surface area contributed by atoms with Crippen molar-refractivity contribution in [2.24, 2.45) is 0 Å². The van der Waals surface area contributed by atoms with E-state index in [1.54, 1.807) is 0 Å². The fourth-order valence-corrected chi connectivity index (χ4v) is 10.5. The first kappa shape index (κ1) is 34.8. The number of benzene rings is 8. The first-order chi connectivity index (χ1) is 28.1. The van der Waals surface area contributed by atoms with Crippen LogP contribution < -0.4 is 4.90 Å². The summed E-state index contributed by atoms with van der Waals surface area (Å²) in [5.74, 6) is 0. The molecule has 0 aliphatic heterocycles. The number of anilines is 3. The second-order valence-electron chi connectivity index (χ2n) is 17.4. The molecule has 280 valence electrons. The molecule has 1 aliphatic carbocycles. The average Bonchev–Trinajstić information content (AvgIpc) is 3.88. The van der Waals surface area contributed by atoms with E-state index in [4.69, 9.17) is 4.42 Å². The summed E-state index contributed by atoms with van der Waals surface area (Å²) in [6, 6.07) is 62.5. The predicted octanol–water partition coefficient (Wildman–Crippen LogP) is 16.4. The topological polar surface area (TPSA) is 16.4 Å². The predicted molar refractivity (Wildman–Crippen MR) is 248 cm³/mol. The zero-order chi connectivity index (χ0) is 39.3. The monoisotopic (exact) mass is 765 g/mol. The molecule has 0 radical (unpaired) electrons. The van der Waals surface area contributed by atoms with Crippen molar-refractivity contribution in [1.29, 1.82) is 0 Å². The van der Waals surface area contributed by atoms with Crippen LogP contribution in [-0.2, 0) is 10.8 Å². The van der Waals surface area contributed by atoms with E-state index in [0.29, 0.717) is 0 Å². The molecule has 0 fully saturated rings. The average molecular weight is 766 g/mol. The number of hydrogen-bond donors (Lipinski definition) is 0. The van der Waals surface area contributed by atoms with Crippen LogP contribution in [0.1, 0.15) is 51.3 Å². The van der Waals surface area contributed by atoms with Gasteiger partial charge < -0.3 is 9.32 Å². The minimum Gasteiger partial charge on any atom is -0.456 e. The van der Waals surface area contributed by atoms with Gasteiger partial charge in [-0.25, -0.2) is 0 Å². The lowest BCUT2D eigenvalue weighted by Gasteiger charge is -2.28. The lowest BCUT2D eigenvalue weighted by Crippen LogP contribution is -2.18. The number of furan rings is 1. The summed E-state index contributed by atoms with van der Waals surface area (Å²) < 4.78 is 9.22. The van der Waals surface area contributed by atoms with Crippen molar-refractivity contribution in [3.05, 3.63) is 187 Å². The molecule has 2 heterocycles. The van der Waals surface area contributed by atoms with Gasteiger partial charge in [0.05, 0.1) is 0 Å². The van der Waals surface area contributed by atoms with Crippen LogP contribution >= 0.6 is 11.3 Å². The van der Waals surface area contributed by atoms with E-state index in [-0.39, 0.29) is 10.8 Å². The fraction of sp³-hybridized carbons (Fsp3) is 0.127. The Hall–Kier alpha value is -6.42. The van der Waals surface area contributed by atoms with E-state index in [1.165, 1.54) is 70.2 Å². The van der Waals surface area contributed by atoms with Crippen molar-refractivity contribution in [3.8, 4) is 33.4 Å². The second-order valence-corrected chi connectivity index (χ2v) is 18.4. The Labute approximate surface area is 343 Å². The molecule has 0 spiro atoms. The van der Waals surface area contributed by atoms with Crippen molar-refractivity contribution in [1.82, 2.24) is 0 Å². The minimum absolute atomic E-state index is 0.0852. The molecule has 1 aliphatic rings. The van der Waals surface area contributed by atoms with Crippen LogP contribution in [0, 0.1) is 0 Å². The standard InChI is InChI=1S/C55H43NOS/c1-54(2,3)36-23-26-42-43-27-24-39(33-47(43)55(4,5)46(42)31-36)56(37-16-10-7-11-17-37)38-25-28-48-44(32-38)52-41(18-12-20-49(52)57-48)35-22-29-50-45(30-35)53-40(19-13-21-51(53)58-50)34-14-8-6-9-15-34/h6-33H,1-5H3. The van der Waals surface area contributed by atoms with Gasteiger partial charge in [-0.15, -0.1) is 11.3 Å². The van der Waals surface area contributed by atoms with Crippen LogP contribution in [0.5, 0.6) is 0 Å². The molecule has 8 aromatic carbocycles. The van der Waals surface area contributed by atoms with Crippen LogP contribution in [0.4, 0.5) is 17.1 Å². The van der Waals surface area contributed by atoms with Crippen LogP contribution in [0.15, 0.2) is 174 Å². The van der Waals surface area contributed by atoms with Crippen molar-refractivity contribution >= 4 is 70.5 Å². The molecule has 10 aromatic rings. The molecule has 0 saturated carbocycles. The van der Waals surface area contributed by atoms with Crippen LogP contribution in [0.3, 0.4) is 0 Å². The Morgan fingerprint density at radius 3 is 1.91 bits per heavy atom. The summed E-state index contributed by atoms with van der Waals surface area (Å²) in [6.07, 6.45) is 0. The van der Waals surface area contributed by atoms with Gasteiger partial charge in [0.15, 0.2) is 0 Å². The molecule has 0 unspecified atom stereocenters. The first-order valence-corrected chi connectivity index (χ1v) is 21.1. The van der Waals surface area contributed by atoms with E-state index >= 15 is 0 Å². The van der Waals surface area contributed by atoms with Gasteiger partial charge in [0, 0.05) is 53.4 Å². The third-order valence-corrected chi connectivity index (χ3v) is 13.6. The zero-order valence-electron chi connectivity index (χ0n) is 33.4. The SMILES string of the molecule is CC(C)(C)c1ccc2c(c1)C(C)(C)c1cc(N(c3ccccc3)c3ccc4oc5cccc(-c6ccc7sc8cccc(-c9ccccc9)c8c7c6)c5c4c3)ccc1-2. The Bertz CT molecular complexity index is 3230. The van der Waals surface area contributed by atoms with Gasteiger partial charge in [0.25, 0.3) is 0 Å². The first-order valence-electron chi connectivity index (χ1n) is 20.2. The number of rotatable bonds is 5. The van der Waals surface area contributed by atoms with Crippen molar-refractivity contribution in [2.45, 2.75) is 45.4 Å². The van der Waals surface area contributed by atoms with Gasteiger partial charge in [-0.3, -0.25) is 0 Å². The summed E-state index contributed by atoms with van der Waals surface area (Å²) in [5.41, 5.74) is 16.7. The number of thiophene rings is 1. The third kappa shape index (κ3) is 5.37. The summed E-state index contributed by atoms with van der Waals surface area (Å²) in [5, 5.41) is 4.84. The highest BCUT2D eigenvalue weighted by Gasteiger charge is 2.37. The van der Waals surface area contributed by atoms with Crippen molar-refractivity contribution in [2.75, 3.05) is 4.90 Å². The van der Waals surface area contributed by atoms with Crippen LogP contribution in [-0.4, -0.2) is 0 Å². The molecule has 0 amide bonds. The summed E-state index contributed by atoms with van der Waals surface area (Å²) in [4.78, 5) is 2.40. The number of hydrogen-bond acceptors (Lipinski definition) is 3. The van der Waals surface area contributed by atoms with E-state index in [0.717, 1.165) is 39.0 Å². The molecule has 2 nitrogen and oxygen atoms in total. The van der Waals surface area contributed by atoms with Gasteiger partial charge in [-0.2, -0.15) is 0 Å². The van der Waals surface area contributed by atoms with Crippen molar-refractivity contribution in [3.63, 3.8) is 0 Å². The molecule has 0 saturated heterocycles. The smallest absolute Gasteiger partial charge is 0.136 e. The second kappa shape index (κ2) is 12.8. The summed E-state index contributed by atoms with van der Waals surface area (Å²) in [6.45, 7) is 11.7. The minimum atomic E-state index is -0.138. The highest BCUT2D eigenvalue weighted by Crippen LogP contribution is 2.52. The van der Waals surface area contributed by atoms with Gasteiger partial charge in [0.2, 0.25) is 0 Å². The Kier molecular flexibility index (Phi) is 7.68. The van der Waals surface area contributed by atoms with Crippen molar-refractivity contribution < 1.29 is 4.42 Å². The Balaban J connectivity index is 1.07. The van der Waals surface area contributed by atoms with Crippen LogP contribution in [0.2, 0.25) is 0 Å². The Morgan fingerprint density at radius 2 is 1.14 bits per heavy atom. The van der Waals surface area contributed by atoms with E-state index in [9.17, 15) is 0 Å². The van der Waals surface area contributed by atoms with Gasteiger partial charge in [0.1, 0.15) is 11.2 Å². The molecule has 11 rings (SSSR count). The third-order valence-electron chi connectivity index (χ3n) is 12.4. The number of fused-ring (bicyclic) bond motifs is 9. The molecule has 0 atom stereocenters. The maximum atomic E-state index is 6.62. The molecule has 0 bridgehead atoms. The molecule has 2 aromatic heterocycles. The van der Waals surface area contributed by atoms with Crippen LogP contribution in [0.25, 0.3) is 75.5 Å². The zero-order valence-corrected chi connectivity index (χ0v) is 34.2.